The summed E-state index contributed by atoms with van der Waals surface area (Å²) in [7, 11) is -2.64. The van der Waals surface area contributed by atoms with Gasteiger partial charge in [0.1, 0.15) is 8.07 Å². The van der Waals surface area contributed by atoms with Crippen LogP contribution in [-0.4, -0.2) is 8.07 Å². The monoisotopic (exact) mass is 584 g/mol. The molecule has 0 nitrogen and oxygen atoms in total. The van der Waals surface area contributed by atoms with Crippen molar-refractivity contribution in [2.45, 2.75) is 86.1 Å². The van der Waals surface area contributed by atoms with Gasteiger partial charge < -0.3 is 22.3 Å². The Morgan fingerprint density at radius 3 is 1.27 bits per heavy atom. The van der Waals surface area contributed by atoms with E-state index in [1.165, 1.54) is 54.5 Å². The number of hydrogen-bond acceptors (Lipinski definition) is 0. The van der Waals surface area contributed by atoms with Crippen molar-refractivity contribution in [3.8, 4) is 0 Å². The second-order valence-electron chi connectivity index (χ2n) is 10.7. The molecule has 1 atom stereocenters. The molecule has 0 amide bonds. The van der Waals surface area contributed by atoms with Gasteiger partial charge in [-0.1, -0.05) is 120 Å². The molecule has 2 heteroatoms. The van der Waals surface area contributed by atoms with Crippen LogP contribution in [0.4, 0.5) is 0 Å². The summed E-state index contributed by atoms with van der Waals surface area (Å²) in [6, 6.07) is 26.5. The minimum atomic E-state index is -2.64. The molecule has 0 aliphatic heterocycles. The van der Waals surface area contributed by atoms with E-state index < -0.39 is 8.07 Å². The van der Waals surface area contributed by atoms with E-state index in [2.05, 4.69) is 128 Å². The van der Waals surface area contributed by atoms with Crippen LogP contribution in [0.2, 0.25) is 5.04 Å². The molecule has 0 saturated carbocycles. The van der Waals surface area contributed by atoms with Gasteiger partial charge in [0.15, 0.2) is 0 Å². The third-order valence-corrected chi connectivity index (χ3v) is 14.4. The van der Waals surface area contributed by atoms with Crippen LogP contribution >= 0.6 is 0 Å². The first kappa shape index (κ1) is 38.1. The molecule has 0 heterocycles. The van der Waals surface area contributed by atoms with Crippen LogP contribution in [0.15, 0.2) is 83.4 Å². The molecule has 0 spiro atoms. The molecule has 0 aromatic heterocycles. The molecule has 0 bridgehead atoms. The SMILES string of the molecule is CCc1cc(CC)cc([Si](c2ccccc2)(c2cc(CC)cc(CC)c2)C2(C)[C-]=C(C)C(C)=C2C)c1.[CH3-].[CH3-].[CH3-].[Ti+4]. The first-order chi connectivity index (χ1) is 17.2. The van der Waals surface area contributed by atoms with Gasteiger partial charge in [-0.25, -0.2) is 5.57 Å². The fourth-order valence-corrected chi connectivity index (χ4v) is 12.6. The van der Waals surface area contributed by atoms with E-state index >= 15 is 0 Å². The number of rotatable bonds is 8. The maximum absolute atomic E-state index is 4.12. The van der Waals surface area contributed by atoms with Crippen LogP contribution in [0.5, 0.6) is 0 Å². The summed E-state index contributed by atoms with van der Waals surface area (Å²) in [4.78, 5) is 0. The molecule has 1 aliphatic rings. The third kappa shape index (κ3) is 6.28. The summed E-state index contributed by atoms with van der Waals surface area (Å²) in [5, 5.41) is 4.35. The van der Waals surface area contributed by atoms with Gasteiger partial charge in [0.05, 0.1) is 0 Å². The average molecular weight is 585 g/mol. The van der Waals surface area contributed by atoms with E-state index in [9.17, 15) is 0 Å². The summed E-state index contributed by atoms with van der Waals surface area (Å²) >= 11 is 0. The van der Waals surface area contributed by atoms with E-state index in [4.69, 9.17) is 0 Å². The second kappa shape index (κ2) is 15.3. The molecule has 3 aromatic rings. The number of benzene rings is 3. The van der Waals surface area contributed by atoms with Gasteiger partial charge in [-0.3, -0.25) is 6.08 Å². The molecule has 1 aliphatic carbocycles. The zero-order valence-electron chi connectivity index (χ0n) is 27.2. The van der Waals surface area contributed by atoms with E-state index in [0.29, 0.717) is 0 Å². The third-order valence-electron chi connectivity index (χ3n) is 8.87. The normalized spacial score (nSPS) is 16.2. The Balaban J connectivity index is 0.00000380. The van der Waals surface area contributed by atoms with Crippen molar-refractivity contribution in [3.63, 3.8) is 0 Å². The summed E-state index contributed by atoms with van der Waals surface area (Å²) in [6.07, 6.45) is 8.34. The molecular formula is C38H52SiTi. The van der Waals surface area contributed by atoms with Crippen LogP contribution in [-0.2, 0) is 47.4 Å². The van der Waals surface area contributed by atoms with Crippen LogP contribution in [0.3, 0.4) is 0 Å². The van der Waals surface area contributed by atoms with Crippen LogP contribution in [0, 0.1) is 28.4 Å². The fourth-order valence-electron chi connectivity index (χ4n) is 6.42. The molecule has 212 valence electrons. The van der Waals surface area contributed by atoms with Crippen molar-refractivity contribution < 1.29 is 21.7 Å². The van der Waals surface area contributed by atoms with Gasteiger partial charge >= 0.3 is 21.7 Å². The zero-order valence-corrected chi connectivity index (χ0v) is 29.7. The Morgan fingerprint density at radius 1 is 0.600 bits per heavy atom. The zero-order chi connectivity index (χ0) is 26.1. The average Bonchev–Trinajstić information content (AvgIpc) is 3.11. The molecule has 4 rings (SSSR count). The molecule has 0 radical (unpaired) electrons. The van der Waals surface area contributed by atoms with Crippen LogP contribution in [0.25, 0.3) is 0 Å². The topological polar surface area (TPSA) is 0 Å². The minimum Gasteiger partial charge on any atom is -0.358 e. The number of hydrogen-bond donors (Lipinski definition) is 0. The van der Waals surface area contributed by atoms with Gasteiger partial charge in [0.25, 0.3) is 0 Å². The molecule has 0 fully saturated rings. The van der Waals surface area contributed by atoms with Crippen molar-refractivity contribution >= 4 is 23.6 Å². The molecule has 40 heavy (non-hydrogen) atoms. The van der Waals surface area contributed by atoms with Gasteiger partial charge in [-0.2, -0.15) is 11.1 Å². The Morgan fingerprint density at radius 2 is 0.975 bits per heavy atom. The summed E-state index contributed by atoms with van der Waals surface area (Å²) in [6.45, 7) is 18.6. The van der Waals surface area contributed by atoms with E-state index in [-0.39, 0.29) is 49.0 Å². The van der Waals surface area contributed by atoms with Crippen molar-refractivity contribution in [2.75, 3.05) is 0 Å². The van der Waals surface area contributed by atoms with E-state index in [1.807, 2.05) is 0 Å². The van der Waals surface area contributed by atoms with Crippen molar-refractivity contribution in [1.82, 2.24) is 0 Å². The van der Waals surface area contributed by atoms with Gasteiger partial charge in [-0.15, -0.1) is 6.92 Å². The first-order valence-electron chi connectivity index (χ1n) is 13.9. The first-order valence-corrected chi connectivity index (χ1v) is 15.9. The smallest absolute Gasteiger partial charge is 0.358 e. The summed E-state index contributed by atoms with van der Waals surface area (Å²) in [5.41, 5.74) is 9.98. The predicted octanol–water partition coefficient (Wildman–Crippen LogP) is 8.61. The molecule has 3 aromatic carbocycles. The van der Waals surface area contributed by atoms with E-state index in [1.54, 1.807) is 0 Å². The molecular weight excluding hydrogens is 532 g/mol. The summed E-state index contributed by atoms with van der Waals surface area (Å²) < 4.78 is 0. The van der Waals surface area contributed by atoms with Gasteiger partial charge in [-0.05, 0) is 63.5 Å². The van der Waals surface area contributed by atoms with Crippen molar-refractivity contribution in [2.24, 2.45) is 0 Å². The van der Waals surface area contributed by atoms with Crippen LogP contribution < -0.4 is 15.6 Å². The largest absolute Gasteiger partial charge is 4.00 e. The predicted molar refractivity (Wildman–Crippen MR) is 180 cm³/mol. The van der Waals surface area contributed by atoms with Gasteiger partial charge in [0.2, 0.25) is 0 Å². The Labute approximate surface area is 264 Å². The quantitative estimate of drug-likeness (QED) is 0.141. The standard InChI is InChI=1S/C35H43Si.3CH3.Ti/c1-9-28-18-29(10-2)21-33(20-28)36(32-16-14-13-15-17-32,35(8)24-25(5)26(6)27(35)7)34-22-30(11-3)19-31(12-4)23-34;;;;/h13-23H,9-12H2,1-8H3;3*1H3;/q4*-1;+4. The minimum absolute atomic E-state index is 0. The maximum atomic E-state index is 4.12. The maximum Gasteiger partial charge on any atom is 4.00 e. The molecule has 1 unspecified atom stereocenters. The fraction of sp³-hybridized carbons (Fsp3) is 0.342. The molecule has 0 saturated heterocycles. The number of allylic oxidation sites excluding steroid dienone is 4. The Kier molecular flexibility index (Phi) is 14.6. The van der Waals surface area contributed by atoms with Crippen molar-refractivity contribution in [1.29, 1.82) is 0 Å². The van der Waals surface area contributed by atoms with E-state index in [0.717, 1.165) is 25.7 Å². The summed E-state index contributed by atoms with van der Waals surface area (Å²) in [5.74, 6) is 0. The second-order valence-corrected chi connectivity index (χ2v) is 15.0. The van der Waals surface area contributed by atoms with Gasteiger partial charge in [0, 0.05) is 0 Å². The van der Waals surface area contributed by atoms with Crippen LogP contribution in [0.1, 0.15) is 77.6 Å². The van der Waals surface area contributed by atoms with Crippen molar-refractivity contribution in [3.05, 3.63) is 134 Å². The Hall–Kier alpha value is -1.93. The number of aryl methyl sites for hydroxylation is 4. The molecule has 0 N–H and O–H groups in total. The Bertz CT molecular complexity index is 1210.